The zero-order valence-electron chi connectivity index (χ0n) is 9.29. The lowest BCUT2D eigenvalue weighted by molar-refractivity contribution is 0.0694. The smallest absolute Gasteiger partial charge is 0.339 e. The summed E-state index contributed by atoms with van der Waals surface area (Å²) >= 11 is 0. The van der Waals surface area contributed by atoms with Gasteiger partial charge in [0.05, 0.1) is 5.69 Å². The van der Waals surface area contributed by atoms with Gasteiger partial charge < -0.3 is 21.1 Å². The molecule has 0 fully saturated rings. The molecule has 0 aromatic heterocycles. The Morgan fingerprint density at radius 3 is 2.50 bits per heavy atom. The maximum atomic E-state index is 10.9. The quantitative estimate of drug-likeness (QED) is 0.479. The highest BCUT2D eigenvalue weighted by Crippen LogP contribution is 2.35. The molecule has 0 aliphatic carbocycles. The molecule has 0 aliphatic rings. The normalized spacial score (nSPS) is 10.2. The molecule has 0 radical (unpaired) electrons. The highest BCUT2D eigenvalue weighted by Gasteiger charge is 2.13. The third-order valence-corrected chi connectivity index (χ3v) is 2.61. The summed E-state index contributed by atoms with van der Waals surface area (Å²) in [6, 6.07) is 8.86. The molecule has 2 rings (SSSR count). The van der Waals surface area contributed by atoms with Crippen LogP contribution in [-0.4, -0.2) is 21.3 Å². The molecule has 5 N–H and O–H groups in total. The van der Waals surface area contributed by atoms with E-state index < -0.39 is 5.97 Å². The Balaban J connectivity index is 2.62. The van der Waals surface area contributed by atoms with Crippen molar-refractivity contribution in [3.63, 3.8) is 0 Å². The molecule has 92 valence electrons. The number of hydrogen-bond donors (Lipinski definition) is 4. The summed E-state index contributed by atoms with van der Waals surface area (Å²) in [5.74, 6) is -1.67. The second kappa shape index (κ2) is 4.29. The van der Waals surface area contributed by atoms with Crippen LogP contribution in [0.2, 0.25) is 0 Å². The lowest BCUT2D eigenvalue weighted by Gasteiger charge is -2.08. The number of phenolic OH excluding ortho intramolecular Hbond substituents is 1. The third kappa shape index (κ3) is 1.93. The van der Waals surface area contributed by atoms with E-state index in [1.54, 1.807) is 12.1 Å². The summed E-state index contributed by atoms with van der Waals surface area (Å²) in [6.45, 7) is 0. The summed E-state index contributed by atoms with van der Waals surface area (Å²) in [4.78, 5) is 10.9. The van der Waals surface area contributed by atoms with Crippen LogP contribution in [0.15, 0.2) is 36.4 Å². The number of aromatic hydroxyl groups is 2. The lowest BCUT2D eigenvalue weighted by Crippen LogP contribution is -1.97. The highest BCUT2D eigenvalue weighted by molar-refractivity contribution is 5.93. The van der Waals surface area contributed by atoms with Gasteiger partial charge in [-0.05, 0) is 23.8 Å². The molecule has 18 heavy (non-hydrogen) atoms. The molecular weight excluding hydrogens is 234 g/mol. The van der Waals surface area contributed by atoms with Crippen LogP contribution in [0.25, 0.3) is 11.1 Å². The first-order valence-corrected chi connectivity index (χ1v) is 5.15. The molecule has 5 heteroatoms. The molecule has 0 bridgehead atoms. The Morgan fingerprint density at radius 2 is 1.83 bits per heavy atom. The molecule has 0 aliphatic heterocycles. The van der Waals surface area contributed by atoms with Crippen molar-refractivity contribution in [2.24, 2.45) is 0 Å². The Kier molecular flexibility index (Phi) is 2.81. The van der Waals surface area contributed by atoms with Crippen molar-refractivity contribution in [3.8, 4) is 22.6 Å². The monoisotopic (exact) mass is 245 g/mol. The number of phenols is 2. The largest absolute Gasteiger partial charge is 0.507 e. The number of aromatic carboxylic acids is 1. The van der Waals surface area contributed by atoms with E-state index >= 15 is 0 Å². The van der Waals surface area contributed by atoms with Gasteiger partial charge in [-0.2, -0.15) is 0 Å². The first-order valence-electron chi connectivity index (χ1n) is 5.15. The summed E-state index contributed by atoms with van der Waals surface area (Å²) in [6.07, 6.45) is 0. The van der Waals surface area contributed by atoms with Crippen LogP contribution in [0.1, 0.15) is 10.4 Å². The number of nitrogen functional groups attached to an aromatic ring is 1. The van der Waals surface area contributed by atoms with Crippen molar-refractivity contribution >= 4 is 11.7 Å². The summed E-state index contributed by atoms with van der Waals surface area (Å²) in [5.41, 5.74) is 6.43. The van der Waals surface area contributed by atoms with E-state index in [4.69, 9.17) is 10.8 Å². The van der Waals surface area contributed by atoms with Gasteiger partial charge in [-0.15, -0.1) is 0 Å². The van der Waals surface area contributed by atoms with Crippen molar-refractivity contribution in [3.05, 3.63) is 42.0 Å². The first-order chi connectivity index (χ1) is 8.50. The van der Waals surface area contributed by atoms with Gasteiger partial charge >= 0.3 is 5.97 Å². The number of carboxylic acid groups (broad SMARTS) is 1. The minimum Gasteiger partial charge on any atom is -0.507 e. The zero-order chi connectivity index (χ0) is 13.3. The number of nitrogens with two attached hydrogens (primary N) is 1. The first kappa shape index (κ1) is 11.8. The Morgan fingerprint density at radius 1 is 1.11 bits per heavy atom. The van der Waals surface area contributed by atoms with Gasteiger partial charge in [0, 0.05) is 5.56 Å². The minimum atomic E-state index is -1.24. The molecule has 5 nitrogen and oxygen atoms in total. The fraction of sp³-hybridized carbons (Fsp3) is 0. The minimum absolute atomic E-state index is 0.112. The maximum Gasteiger partial charge on any atom is 0.339 e. The lowest BCUT2D eigenvalue weighted by atomic mass is 10.0. The van der Waals surface area contributed by atoms with E-state index in [2.05, 4.69) is 0 Å². The number of carbonyl (C=O) groups is 1. The van der Waals surface area contributed by atoms with Crippen LogP contribution in [0.4, 0.5) is 5.69 Å². The second-order valence-electron chi connectivity index (χ2n) is 3.78. The average Bonchev–Trinajstić information content (AvgIpc) is 2.33. The van der Waals surface area contributed by atoms with Gasteiger partial charge in [0.15, 0.2) is 0 Å². The topological polar surface area (TPSA) is 104 Å². The van der Waals surface area contributed by atoms with E-state index in [0.29, 0.717) is 11.1 Å². The molecule has 0 amide bonds. The Bertz CT molecular complexity index is 622. The molecular formula is C13H11NO4. The molecule has 0 unspecified atom stereocenters. The second-order valence-corrected chi connectivity index (χ2v) is 3.78. The summed E-state index contributed by atoms with van der Waals surface area (Å²) < 4.78 is 0. The van der Waals surface area contributed by atoms with Crippen LogP contribution in [0.5, 0.6) is 11.5 Å². The van der Waals surface area contributed by atoms with Crippen LogP contribution in [0.3, 0.4) is 0 Å². The fourth-order valence-electron chi connectivity index (χ4n) is 1.67. The highest BCUT2D eigenvalue weighted by atomic mass is 16.4. The van der Waals surface area contributed by atoms with E-state index in [9.17, 15) is 15.0 Å². The van der Waals surface area contributed by atoms with Crippen molar-refractivity contribution in [2.45, 2.75) is 0 Å². The molecule has 0 atom stereocenters. The van der Waals surface area contributed by atoms with Gasteiger partial charge in [-0.3, -0.25) is 0 Å². The number of para-hydroxylation sites is 1. The number of carboxylic acids is 1. The van der Waals surface area contributed by atoms with Crippen LogP contribution < -0.4 is 5.73 Å². The maximum absolute atomic E-state index is 10.9. The summed E-state index contributed by atoms with van der Waals surface area (Å²) in [5, 5.41) is 28.1. The van der Waals surface area contributed by atoms with Gasteiger partial charge in [0.2, 0.25) is 0 Å². The van der Waals surface area contributed by atoms with Crippen molar-refractivity contribution in [1.29, 1.82) is 0 Å². The molecule has 0 spiro atoms. The van der Waals surface area contributed by atoms with E-state index in [1.165, 1.54) is 24.3 Å². The summed E-state index contributed by atoms with van der Waals surface area (Å²) in [7, 11) is 0. The van der Waals surface area contributed by atoms with Gasteiger partial charge in [-0.25, -0.2) is 4.79 Å². The van der Waals surface area contributed by atoms with Gasteiger partial charge in [-0.1, -0.05) is 18.2 Å². The third-order valence-electron chi connectivity index (χ3n) is 2.61. The molecule has 2 aromatic rings. The van der Waals surface area contributed by atoms with E-state index in [0.717, 1.165) is 0 Å². The zero-order valence-corrected chi connectivity index (χ0v) is 9.29. The van der Waals surface area contributed by atoms with Crippen molar-refractivity contribution in [1.82, 2.24) is 0 Å². The van der Waals surface area contributed by atoms with Crippen LogP contribution in [0, 0.1) is 0 Å². The van der Waals surface area contributed by atoms with Crippen LogP contribution in [-0.2, 0) is 0 Å². The van der Waals surface area contributed by atoms with Crippen molar-refractivity contribution < 1.29 is 20.1 Å². The van der Waals surface area contributed by atoms with Crippen LogP contribution >= 0.6 is 0 Å². The van der Waals surface area contributed by atoms with Crippen molar-refractivity contribution in [2.75, 3.05) is 5.73 Å². The molecule has 0 saturated carbocycles. The Hall–Kier alpha value is -2.69. The predicted octanol–water partition coefficient (Wildman–Crippen LogP) is 2.05. The number of hydrogen-bond acceptors (Lipinski definition) is 4. The van der Waals surface area contributed by atoms with E-state index in [-0.39, 0.29) is 22.7 Å². The molecule has 0 heterocycles. The van der Waals surface area contributed by atoms with Gasteiger partial charge in [0.1, 0.15) is 17.1 Å². The molecule has 0 saturated heterocycles. The van der Waals surface area contributed by atoms with Gasteiger partial charge in [0.25, 0.3) is 0 Å². The number of benzene rings is 2. The standard InChI is InChI=1S/C13H11NO4/c14-10-3-1-2-8(12(10)16)7-4-5-11(15)9(6-7)13(17)18/h1-6,15-16H,14H2,(H,17,18). The Labute approximate surface area is 103 Å². The van der Waals surface area contributed by atoms with E-state index in [1.807, 2.05) is 0 Å². The number of rotatable bonds is 2. The predicted molar refractivity (Wildman–Crippen MR) is 66.6 cm³/mol. The number of anilines is 1. The SMILES string of the molecule is Nc1cccc(-c2ccc(O)c(C(=O)O)c2)c1O. The molecule has 2 aromatic carbocycles. The average molecular weight is 245 g/mol. The fourth-order valence-corrected chi connectivity index (χ4v) is 1.67.